The van der Waals surface area contributed by atoms with E-state index in [0.717, 1.165) is 25.0 Å². The van der Waals surface area contributed by atoms with Crippen molar-refractivity contribution in [2.24, 2.45) is 5.92 Å². The molecule has 3 unspecified atom stereocenters. The minimum Gasteiger partial charge on any atom is -0.312 e. The van der Waals surface area contributed by atoms with E-state index in [1.807, 2.05) is 0 Å². The van der Waals surface area contributed by atoms with Gasteiger partial charge in [0, 0.05) is 25.2 Å². The number of fused-ring (bicyclic) bond motifs is 1. The molecule has 2 aliphatic rings. The van der Waals surface area contributed by atoms with E-state index in [1.165, 1.54) is 30.4 Å². The van der Waals surface area contributed by atoms with Gasteiger partial charge in [-0.1, -0.05) is 37.6 Å². The quantitative estimate of drug-likeness (QED) is 0.827. The molecule has 1 heterocycles. The molecule has 0 spiro atoms. The predicted molar refractivity (Wildman–Crippen MR) is 71.0 cm³/mol. The highest BCUT2D eigenvalue weighted by atomic mass is 15.0. The van der Waals surface area contributed by atoms with Crippen molar-refractivity contribution >= 4 is 0 Å². The van der Waals surface area contributed by atoms with Gasteiger partial charge in [-0.25, -0.2) is 0 Å². The van der Waals surface area contributed by atoms with E-state index in [-0.39, 0.29) is 0 Å². The third-order valence-electron chi connectivity index (χ3n) is 4.24. The van der Waals surface area contributed by atoms with Gasteiger partial charge in [0.1, 0.15) is 0 Å². The van der Waals surface area contributed by atoms with Crippen molar-refractivity contribution < 1.29 is 0 Å². The first kappa shape index (κ1) is 11.2. The van der Waals surface area contributed by atoms with E-state index in [1.54, 1.807) is 0 Å². The first-order valence-electron chi connectivity index (χ1n) is 6.90. The van der Waals surface area contributed by atoms with Crippen molar-refractivity contribution in [1.29, 1.82) is 0 Å². The van der Waals surface area contributed by atoms with Crippen LogP contribution in [0.15, 0.2) is 24.3 Å². The average molecular weight is 230 g/mol. The molecule has 0 radical (unpaired) electrons. The van der Waals surface area contributed by atoms with Crippen LogP contribution >= 0.6 is 0 Å². The van der Waals surface area contributed by atoms with Crippen LogP contribution in [0.5, 0.6) is 0 Å². The molecule has 1 fully saturated rings. The zero-order valence-corrected chi connectivity index (χ0v) is 10.6. The SMILES string of the molecule is CCC1CC1NCC1Cc2ccccc2CN1. The molecule has 3 atom stereocenters. The summed E-state index contributed by atoms with van der Waals surface area (Å²) in [6, 6.07) is 10.2. The summed E-state index contributed by atoms with van der Waals surface area (Å²) in [6.45, 7) is 4.45. The third kappa shape index (κ3) is 2.53. The fourth-order valence-electron chi connectivity index (χ4n) is 2.91. The number of rotatable bonds is 4. The van der Waals surface area contributed by atoms with E-state index < -0.39 is 0 Å². The molecule has 2 nitrogen and oxygen atoms in total. The van der Waals surface area contributed by atoms with E-state index in [2.05, 4.69) is 41.8 Å². The van der Waals surface area contributed by atoms with Crippen molar-refractivity contribution in [3.8, 4) is 0 Å². The van der Waals surface area contributed by atoms with E-state index in [9.17, 15) is 0 Å². The van der Waals surface area contributed by atoms with Crippen LogP contribution < -0.4 is 10.6 Å². The second-order valence-electron chi connectivity index (χ2n) is 5.47. The minimum absolute atomic E-state index is 0.614. The second kappa shape index (κ2) is 4.79. The monoisotopic (exact) mass is 230 g/mol. The average Bonchev–Trinajstić information content (AvgIpc) is 3.15. The highest BCUT2D eigenvalue weighted by molar-refractivity contribution is 5.29. The number of benzene rings is 1. The Labute approximate surface area is 104 Å². The van der Waals surface area contributed by atoms with E-state index in [0.29, 0.717) is 6.04 Å². The van der Waals surface area contributed by atoms with Gasteiger partial charge in [-0.2, -0.15) is 0 Å². The maximum Gasteiger partial charge on any atom is 0.0236 e. The van der Waals surface area contributed by atoms with Crippen LogP contribution in [-0.4, -0.2) is 18.6 Å². The zero-order valence-electron chi connectivity index (χ0n) is 10.6. The fraction of sp³-hybridized carbons (Fsp3) is 0.600. The molecule has 3 rings (SSSR count). The number of hydrogen-bond donors (Lipinski definition) is 2. The Hall–Kier alpha value is -0.860. The van der Waals surface area contributed by atoms with Gasteiger partial charge in [0.25, 0.3) is 0 Å². The van der Waals surface area contributed by atoms with Crippen LogP contribution in [0.25, 0.3) is 0 Å². The first-order valence-corrected chi connectivity index (χ1v) is 6.90. The molecule has 1 saturated carbocycles. The van der Waals surface area contributed by atoms with Gasteiger partial charge in [0.2, 0.25) is 0 Å². The lowest BCUT2D eigenvalue weighted by atomic mass is 9.96. The summed E-state index contributed by atoms with van der Waals surface area (Å²) < 4.78 is 0. The van der Waals surface area contributed by atoms with E-state index >= 15 is 0 Å². The third-order valence-corrected chi connectivity index (χ3v) is 4.24. The van der Waals surface area contributed by atoms with Crippen molar-refractivity contribution in [3.63, 3.8) is 0 Å². The summed E-state index contributed by atoms with van der Waals surface area (Å²) in [5.41, 5.74) is 3.00. The molecular formula is C15H22N2. The van der Waals surface area contributed by atoms with Crippen molar-refractivity contribution in [2.45, 2.75) is 44.8 Å². The fourth-order valence-corrected chi connectivity index (χ4v) is 2.91. The highest BCUT2D eigenvalue weighted by Crippen LogP contribution is 2.33. The van der Waals surface area contributed by atoms with Crippen molar-refractivity contribution in [3.05, 3.63) is 35.4 Å². The molecule has 0 saturated heterocycles. The van der Waals surface area contributed by atoms with Crippen LogP contribution in [-0.2, 0) is 13.0 Å². The Balaban J connectivity index is 1.51. The lowest BCUT2D eigenvalue weighted by molar-refractivity contribution is 0.441. The lowest BCUT2D eigenvalue weighted by Gasteiger charge is -2.26. The summed E-state index contributed by atoms with van der Waals surface area (Å²) in [4.78, 5) is 0. The molecule has 2 heteroatoms. The van der Waals surface area contributed by atoms with Gasteiger partial charge < -0.3 is 10.6 Å². The second-order valence-corrected chi connectivity index (χ2v) is 5.47. The molecule has 1 aliphatic carbocycles. The van der Waals surface area contributed by atoms with Gasteiger partial charge in [0.05, 0.1) is 0 Å². The van der Waals surface area contributed by atoms with E-state index in [4.69, 9.17) is 0 Å². The molecule has 1 aromatic carbocycles. The Bertz CT molecular complexity index is 388. The van der Waals surface area contributed by atoms with Crippen LogP contribution in [0.4, 0.5) is 0 Å². The topological polar surface area (TPSA) is 24.1 Å². The molecule has 0 amide bonds. The smallest absolute Gasteiger partial charge is 0.0236 e. The molecule has 0 bridgehead atoms. The Kier molecular flexibility index (Phi) is 3.17. The number of hydrogen-bond acceptors (Lipinski definition) is 2. The molecular weight excluding hydrogens is 208 g/mol. The highest BCUT2D eigenvalue weighted by Gasteiger charge is 2.35. The Morgan fingerprint density at radius 2 is 2.12 bits per heavy atom. The number of nitrogens with one attached hydrogen (secondary N) is 2. The van der Waals surface area contributed by atoms with Gasteiger partial charge >= 0.3 is 0 Å². The molecule has 1 aliphatic heterocycles. The van der Waals surface area contributed by atoms with Gasteiger partial charge in [-0.3, -0.25) is 0 Å². The standard InChI is InChI=1S/C15H22N2/c1-2-11-8-15(11)17-10-14-7-12-5-3-4-6-13(12)9-16-14/h3-6,11,14-17H,2,7-10H2,1H3. The zero-order chi connectivity index (χ0) is 11.7. The minimum atomic E-state index is 0.614. The van der Waals surface area contributed by atoms with Crippen molar-refractivity contribution in [1.82, 2.24) is 10.6 Å². The molecule has 1 aromatic rings. The van der Waals surface area contributed by atoms with Crippen LogP contribution in [0.2, 0.25) is 0 Å². The Morgan fingerprint density at radius 1 is 1.29 bits per heavy atom. The maximum atomic E-state index is 3.70. The molecule has 0 aromatic heterocycles. The summed E-state index contributed by atoms with van der Waals surface area (Å²) in [5.74, 6) is 0.950. The molecule has 92 valence electrons. The van der Waals surface area contributed by atoms with Crippen molar-refractivity contribution in [2.75, 3.05) is 6.54 Å². The summed E-state index contributed by atoms with van der Waals surface area (Å²) >= 11 is 0. The summed E-state index contributed by atoms with van der Waals surface area (Å²) in [5, 5.41) is 7.32. The van der Waals surface area contributed by atoms with Gasteiger partial charge in [-0.15, -0.1) is 0 Å². The Morgan fingerprint density at radius 3 is 2.88 bits per heavy atom. The predicted octanol–water partition coefficient (Wildman–Crippen LogP) is 2.09. The van der Waals surface area contributed by atoms with Gasteiger partial charge in [-0.05, 0) is 29.9 Å². The largest absolute Gasteiger partial charge is 0.312 e. The van der Waals surface area contributed by atoms with Gasteiger partial charge in [0.15, 0.2) is 0 Å². The lowest BCUT2D eigenvalue weighted by Crippen LogP contribution is -2.43. The normalized spacial score (nSPS) is 31.0. The van der Waals surface area contributed by atoms with Crippen LogP contribution in [0, 0.1) is 5.92 Å². The molecule has 17 heavy (non-hydrogen) atoms. The van der Waals surface area contributed by atoms with Crippen LogP contribution in [0.3, 0.4) is 0 Å². The molecule has 2 N–H and O–H groups in total. The first-order chi connectivity index (χ1) is 8.36. The summed E-state index contributed by atoms with van der Waals surface area (Å²) in [6.07, 6.45) is 3.89. The summed E-state index contributed by atoms with van der Waals surface area (Å²) in [7, 11) is 0. The maximum absolute atomic E-state index is 3.70. The van der Waals surface area contributed by atoms with Crippen LogP contribution in [0.1, 0.15) is 30.9 Å².